The molecule has 0 spiro atoms. The molecule has 0 aliphatic carbocycles. The fourth-order valence-electron chi connectivity index (χ4n) is 1.78. The molecule has 2 aromatic rings. The van der Waals surface area contributed by atoms with Crippen LogP contribution in [0.4, 0.5) is 0 Å². The van der Waals surface area contributed by atoms with Gasteiger partial charge in [-0.1, -0.05) is 25.4 Å². The number of hydrogen-bond acceptors (Lipinski definition) is 4. The van der Waals surface area contributed by atoms with E-state index in [0.717, 1.165) is 0 Å². The van der Waals surface area contributed by atoms with Crippen molar-refractivity contribution in [2.75, 3.05) is 6.61 Å². The van der Waals surface area contributed by atoms with Crippen LogP contribution < -0.4 is 0 Å². The van der Waals surface area contributed by atoms with Gasteiger partial charge in [0.1, 0.15) is 12.6 Å². The number of ether oxygens (including phenoxy) is 1. The fourth-order valence-corrected chi connectivity index (χ4v) is 1.95. The molecule has 2 rings (SSSR count). The lowest BCUT2D eigenvalue weighted by atomic mass is 10.2. The number of carbonyl (C=O) groups excluding carboxylic acids is 1. The smallest absolute Gasteiger partial charge is 0.327 e. The monoisotopic (exact) mass is 291 g/mol. The number of aromatic nitrogens is 2. The Morgan fingerprint density at radius 3 is 2.95 bits per heavy atom. The Balaban J connectivity index is 2.27. The van der Waals surface area contributed by atoms with E-state index < -0.39 is 0 Å². The molecule has 0 saturated carbocycles. The number of benzene rings is 1. The van der Waals surface area contributed by atoms with Crippen molar-refractivity contribution in [2.45, 2.75) is 20.4 Å². The van der Waals surface area contributed by atoms with Crippen molar-refractivity contribution in [3.05, 3.63) is 28.9 Å². The maximum atomic E-state index is 11.7. The number of nitrogens with zero attached hydrogens (tertiary/aromatic N) is 3. The topological polar surface area (TPSA) is 67.9 Å². The van der Waals surface area contributed by atoms with Crippen LogP contribution in [-0.4, -0.2) is 22.4 Å². The van der Waals surface area contributed by atoms with Crippen LogP contribution >= 0.6 is 11.6 Å². The highest BCUT2D eigenvalue weighted by Gasteiger charge is 2.14. The minimum Gasteiger partial charge on any atom is -0.464 e. The highest BCUT2D eigenvalue weighted by molar-refractivity contribution is 6.31. The normalized spacial score (nSPS) is 10.8. The number of carbonyl (C=O) groups is 1. The molecule has 1 heterocycles. The summed E-state index contributed by atoms with van der Waals surface area (Å²) in [5.74, 6) is -0.0932. The molecule has 5 nitrogen and oxygen atoms in total. The van der Waals surface area contributed by atoms with Crippen LogP contribution in [0.15, 0.2) is 18.2 Å². The lowest BCUT2D eigenvalue weighted by Crippen LogP contribution is -2.17. The summed E-state index contributed by atoms with van der Waals surface area (Å²) >= 11 is 5.91. The Kier molecular flexibility index (Phi) is 4.26. The molecule has 0 aliphatic heterocycles. The van der Waals surface area contributed by atoms with Crippen molar-refractivity contribution in [3.8, 4) is 6.07 Å². The molecule has 0 aliphatic rings. The van der Waals surface area contributed by atoms with Crippen LogP contribution in [0.1, 0.15) is 19.5 Å². The van der Waals surface area contributed by atoms with Crippen molar-refractivity contribution in [1.29, 1.82) is 5.26 Å². The zero-order chi connectivity index (χ0) is 14.7. The van der Waals surface area contributed by atoms with Crippen LogP contribution in [0.3, 0.4) is 0 Å². The molecular formula is C14H14ClN3O2. The number of fused-ring (bicyclic) bond motifs is 1. The van der Waals surface area contributed by atoms with Gasteiger partial charge in [0.2, 0.25) is 0 Å². The molecule has 1 aromatic heterocycles. The number of halogens is 1. The molecule has 0 amide bonds. The van der Waals surface area contributed by atoms with Gasteiger partial charge in [-0.25, -0.2) is 0 Å². The van der Waals surface area contributed by atoms with Gasteiger partial charge in [0.15, 0.2) is 5.69 Å². The quantitative estimate of drug-likeness (QED) is 0.812. The maximum Gasteiger partial charge on any atom is 0.327 e. The van der Waals surface area contributed by atoms with Gasteiger partial charge in [0, 0.05) is 10.4 Å². The largest absolute Gasteiger partial charge is 0.464 e. The zero-order valence-corrected chi connectivity index (χ0v) is 12.0. The summed E-state index contributed by atoms with van der Waals surface area (Å²) in [6.45, 7) is 4.28. The Labute approximate surface area is 121 Å². The van der Waals surface area contributed by atoms with Gasteiger partial charge in [0.25, 0.3) is 0 Å². The second-order valence-corrected chi connectivity index (χ2v) is 5.29. The second kappa shape index (κ2) is 5.93. The lowest BCUT2D eigenvalue weighted by molar-refractivity contribution is -0.145. The molecule has 104 valence electrons. The molecule has 0 bridgehead atoms. The Bertz CT molecular complexity index is 686. The number of hydrogen-bond donors (Lipinski definition) is 0. The first-order valence-corrected chi connectivity index (χ1v) is 6.61. The minimum absolute atomic E-state index is 0.0213. The molecule has 0 unspecified atom stereocenters. The second-order valence-electron chi connectivity index (χ2n) is 4.86. The average Bonchev–Trinajstić information content (AvgIpc) is 2.73. The predicted octanol–water partition coefficient (Wildman–Crippen LogP) is 2.76. The first kappa shape index (κ1) is 14.4. The van der Waals surface area contributed by atoms with E-state index in [1.165, 1.54) is 4.68 Å². The molecule has 0 atom stereocenters. The molecular weight excluding hydrogens is 278 g/mol. The third-order valence-corrected chi connectivity index (χ3v) is 2.91. The first-order chi connectivity index (χ1) is 9.51. The summed E-state index contributed by atoms with van der Waals surface area (Å²) in [5.41, 5.74) is 0.937. The highest BCUT2D eigenvalue weighted by atomic mass is 35.5. The SMILES string of the molecule is CC(C)COC(=O)Cn1nc(C#N)c2cc(Cl)ccc21. The Morgan fingerprint density at radius 1 is 1.55 bits per heavy atom. The molecule has 0 radical (unpaired) electrons. The van der Waals surface area contributed by atoms with Gasteiger partial charge in [-0.05, 0) is 24.1 Å². The first-order valence-electron chi connectivity index (χ1n) is 6.23. The summed E-state index contributed by atoms with van der Waals surface area (Å²) in [4.78, 5) is 11.7. The zero-order valence-electron chi connectivity index (χ0n) is 11.3. The van der Waals surface area contributed by atoms with Crippen molar-refractivity contribution >= 4 is 28.5 Å². The van der Waals surface area contributed by atoms with E-state index in [-0.39, 0.29) is 24.1 Å². The van der Waals surface area contributed by atoms with E-state index in [2.05, 4.69) is 5.10 Å². The highest BCUT2D eigenvalue weighted by Crippen LogP contribution is 2.22. The predicted molar refractivity (Wildman–Crippen MR) is 75.3 cm³/mol. The van der Waals surface area contributed by atoms with E-state index >= 15 is 0 Å². The van der Waals surface area contributed by atoms with E-state index in [1.807, 2.05) is 19.9 Å². The van der Waals surface area contributed by atoms with Crippen LogP contribution in [0, 0.1) is 17.2 Å². The molecule has 0 saturated heterocycles. The van der Waals surface area contributed by atoms with Gasteiger partial charge >= 0.3 is 5.97 Å². The van der Waals surface area contributed by atoms with Crippen LogP contribution in [-0.2, 0) is 16.1 Å². The summed E-state index contributed by atoms with van der Waals surface area (Å²) in [7, 11) is 0. The van der Waals surface area contributed by atoms with Gasteiger partial charge in [-0.2, -0.15) is 10.4 Å². The van der Waals surface area contributed by atoms with Gasteiger partial charge in [-0.15, -0.1) is 0 Å². The van der Waals surface area contributed by atoms with E-state index in [9.17, 15) is 4.79 Å². The number of rotatable bonds is 4. The average molecular weight is 292 g/mol. The fraction of sp³-hybridized carbons (Fsp3) is 0.357. The number of nitriles is 1. The van der Waals surface area contributed by atoms with Crippen molar-refractivity contribution < 1.29 is 9.53 Å². The summed E-state index contributed by atoms with van der Waals surface area (Å²) in [6.07, 6.45) is 0. The Morgan fingerprint density at radius 2 is 2.30 bits per heavy atom. The summed E-state index contributed by atoms with van der Waals surface area (Å²) < 4.78 is 6.58. The van der Waals surface area contributed by atoms with E-state index in [0.29, 0.717) is 22.5 Å². The van der Waals surface area contributed by atoms with E-state index in [1.54, 1.807) is 18.2 Å². The van der Waals surface area contributed by atoms with Crippen molar-refractivity contribution in [3.63, 3.8) is 0 Å². The molecule has 6 heteroatoms. The minimum atomic E-state index is -0.373. The molecule has 0 N–H and O–H groups in total. The van der Waals surface area contributed by atoms with Gasteiger partial charge in [-0.3, -0.25) is 9.48 Å². The third-order valence-electron chi connectivity index (χ3n) is 2.67. The van der Waals surface area contributed by atoms with Crippen molar-refractivity contribution in [1.82, 2.24) is 9.78 Å². The summed E-state index contributed by atoms with van der Waals surface area (Å²) in [6, 6.07) is 7.10. The van der Waals surface area contributed by atoms with Crippen LogP contribution in [0.5, 0.6) is 0 Å². The molecule has 20 heavy (non-hydrogen) atoms. The Hall–Kier alpha value is -2.06. The van der Waals surface area contributed by atoms with Crippen LogP contribution in [0.2, 0.25) is 5.02 Å². The third kappa shape index (κ3) is 3.09. The molecule has 0 fully saturated rings. The van der Waals surface area contributed by atoms with Crippen molar-refractivity contribution in [2.24, 2.45) is 5.92 Å². The van der Waals surface area contributed by atoms with Crippen LogP contribution in [0.25, 0.3) is 10.9 Å². The standard InChI is InChI=1S/C14H14ClN3O2/c1-9(2)8-20-14(19)7-18-13-4-3-10(15)5-11(13)12(6-16)17-18/h3-5,9H,7-8H2,1-2H3. The lowest BCUT2D eigenvalue weighted by Gasteiger charge is -2.07. The van der Waals surface area contributed by atoms with Gasteiger partial charge in [0.05, 0.1) is 12.1 Å². The number of esters is 1. The molecule has 1 aromatic carbocycles. The van der Waals surface area contributed by atoms with E-state index in [4.69, 9.17) is 21.6 Å². The maximum absolute atomic E-state index is 11.7. The summed E-state index contributed by atoms with van der Waals surface area (Å²) in [5, 5.41) is 14.3. The van der Waals surface area contributed by atoms with Gasteiger partial charge < -0.3 is 4.74 Å².